The highest BCUT2D eigenvalue weighted by molar-refractivity contribution is 4.89. The van der Waals surface area contributed by atoms with E-state index in [9.17, 15) is 0 Å². The smallest absolute Gasteiger partial charge is 0.0124 e. The van der Waals surface area contributed by atoms with Crippen LogP contribution < -0.4 is 5.32 Å². The molecule has 1 heterocycles. The normalized spacial score (nSPS) is 35.2. The van der Waals surface area contributed by atoms with Gasteiger partial charge in [0.2, 0.25) is 0 Å². The molecule has 2 heteroatoms. The number of fused-ring (bicyclic) bond motifs is 1. The average Bonchev–Trinajstić information content (AvgIpc) is 3.05. The Morgan fingerprint density at radius 1 is 1.00 bits per heavy atom. The first-order chi connectivity index (χ1) is 7.93. The van der Waals surface area contributed by atoms with Crippen LogP contribution in [0.1, 0.15) is 51.4 Å². The summed E-state index contributed by atoms with van der Waals surface area (Å²) in [5.41, 5.74) is 0. The van der Waals surface area contributed by atoms with Gasteiger partial charge >= 0.3 is 0 Å². The topological polar surface area (TPSA) is 15.3 Å². The summed E-state index contributed by atoms with van der Waals surface area (Å²) in [5, 5.41) is 3.63. The number of hydrogen-bond donors (Lipinski definition) is 1. The van der Waals surface area contributed by atoms with Crippen molar-refractivity contribution in [2.75, 3.05) is 19.6 Å². The molecule has 2 atom stereocenters. The van der Waals surface area contributed by atoms with Crippen LogP contribution in [0.4, 0.5) is 0 Å². The molecule has 0 bridgehead atoms. The van der Waals surface area contributed by atoms with Gasteiger partial charge in [-0.1, -0.05) is 12.8 Å². The summed E-state index contributed by atoms with van der Waals surface area (Å²) in [7, 11) is 0. The van der Waals surface area contributed by atoms with Crippen LogP contribution in [0.3, 0.4) is 0 Å². The molecular weight excluding hydrogens is 196 g/mol. The lowest BCUT2D eigenvalue weighted by molar-refractivity contribution is 0.180. The van der Waals surface area contributed by atoms with Crippen molar-refractivity contribution in [1.82, 2.24) is 10.2 Å². The fourth-order valence-electron chi connectivity index (χ4n) is 3.66. The molecule has 1 saturated heterocycles. The second-order valence-electron chi connectivity index (χ2n) is 6.02. The van der Waals surface area contributed by atoms with E-state index in [2.05, 4.69) is 10.2 Å². The zero-order chi connectivity index (χ0) is 10.8. The maximum absolute atomic E-state index is 3.63. The highest BCUT2D eigenvalue weighted by Gasteiger charge is 2.34. The number of nitrogens with one attached hydrogen (secondary N) is 1. The Bertz CT molecular complexity index is 225. The Balaban J connectivity index is 1.37. The molecular formula is C14H26N2. The van der Waals surface area contributed by atoms with E-state index in [0.29, 0.717) is 0 Å². The average molecular weight is 222 g/mol. The van der Waals surface area contributed by atoms with Crippen LogP contribution in [-0.2, 0) is 0 Å². The lowest BCUT2D eigenvalue weighted by Gasteiger charge is -2.31. The molecule has 3 aliphatic rings. The maximum atomic E-state index is 3.63. The Morgan fingerprint density at radius 3 is 2.75 bits per heavy atom. The standard InChI is InChI=1S/C14H26N2/c1-2-5-14-12(4-1)8-11-16(14)10-3-9-15-13-6-7-13/h12-15H,1-11H2. The maximum Gasteiger partial charge on any atom is 0.0124 e. The fraction of sp³-hybridized carbons (Fsp3) is 1.00. The first kappa shape index (κ1) is 11.0. The van der Waals surface area contributed by atoms with Crippen LogP contribution >= 0.6 is 0 Å². The van der Waals surface area contributed by atoms with Crippen LogP contribution in [0.2, 0.25) is 0 Å². The molecule has 2 nitrogen and oxygen atoms in total. The zero-order valence-electron chi connectivity index (χ0n) is 10.5. The van der Waals surface area contributed by atoms with Gasteiger partial charge < -0.3 is 10.2 Å². The summed E-state index contributed by atoms with van der Waals surface area (Å²) in [6, 6.07) is 1.86. The summed E-state index contributed by atoms with van der Waals surface area (Å²) in [5.74, 6) is 1.06. The third-order valence-corrected chi connectivity index (χ3v) is 4.76. The third-order valence-electron chi connectivity index (χ3n) is 4.76. The Hall–Kier alpha value is -0.0800. The second-order valence-corrected chi connectivity index (χ2v) is 6.02. The molecule has 3 rings (SSSR count). The van der Waals surface area contributed by atoms with Gasteiger partial charge in [-0.05, 0) is 64.1 Å². The molecule has 0 radical (unpaired) electrons. The minimum atomic E-state index is 0.890. The number of likely N-dealkylation sites (tertiary alicyclic amines) is 1. The summed E-state index contributed by atoms with van der Waals surface area (Å²) >= 11 is 0. The van der Waals surface area contributed by atoms with E-state index in [4.69, 9.17) is 0 Å². The van der Waals surface area contributed by atoms with Crippen molar-refractivity contribution in [3.8, 4) is 0 Å². The largest absolute Gasteiger partial charge is 0.314 e. The first-order valence-electron chi connectivity index (χ1n) is 7.41. The van der Waals surface area contributed by atoms with Crippen molar-refractivity contribution in [1.29, 1.82) is 0 Å². The van der Waals surface area contributed by atoms with Crippen LogP contribution in [0.25, 0.3) is 0 Å². The summed E-state index contributed by atoms with van der Waals surface area (Å²) in [6.45, 7) is 3.98. The highest BCUT2D eigenvalue weighted by atomic mass is 15.2. The van der Waals surface area contributed by atoms with Crippen LogP contribution in [0, 0.1) is 5.92 Å². The van der Waals surface area contributed by atoms with Gasteiger partial charge in [0.05, 0.1) is 0 Å². The Kier molecular flexibility index (Phi) is 3.49. The van der Waals surface area contributed by atoms with Gasteiger partial charge in [0, 0.05) is 12.1 Å². The number of rotatable bonds is 5. The summed E-state index contributed by atoms with van der Waals surface area (Å²) in [6.07, 6.45) is 11.7. The molecule has 1 aliphatic heterocycles. The lowest BCUT2D eigenvalue weighted by atomic mass is 9.85. The van der Waals surface area contributed by atoms with Crippen LogP contribution in [-0.4, -0.2) is 36.6 Å². The van der Waals surface area contributed by atoms with E-state index >= 15 is 0 Å². The molecule has 0 aromatic carbocycles. The minimum absolute atomic E-state index is 0.890. The van der Waals surface area contributed by atoms with E-state index in [-0.39, 0.29) is 0 Å². The molecule has 2 aliphatic carbocycles. The first-order valence-corrected chi connectivity index (χ1v) is 7.41. The lowest BCUT2D eigenvalue weighted by Crippen LogP contribution is -2.36. The molecule has 0 amide bonds. The van der Waals surface area contributed by atoms with Gasteiger partial charge in [0.1, 0.15) is 0 Å². The van der Waals surface area contributed by atoms with Crippen molar-refractivity contribution in [2.24, 2.45) is 5.92 Å². The second kappa shape index (κ2) is 5.05. The molecule has 16 heavy (non-hydrogen) atoms. The van der Waals surface area contributed by atoms with E-state index in [1.807, 2.05) is 0 Å². The minimum Gasteiger partial charge on any atom is -0.314 e. The number of hydrogen-bond acceptors (Lipinski definition) is 2. The Morgan fingerprint density at radius 2 is 1.88 bits per heavy atom. The van der Waals surface area contributed by atoms with Gasteiger partial charge in [-0.2, -0.15) is 0 Å². The monoisotopic (exact) mass is 222 g/mol. The zero-order valence-corrected chi connectivity index (χ0v) is 10.5. The van der Waals surface area contributed by atoms with Crippen molar-refractivity contribution in [3.05, 3.63) is 0 Å². The van der Waals surface area contributed by atoms with Crippen molar-refractivity contribution >= 4 is 0 Å². The quantitative estimate of drug-likeness (QED) is 0.719. The summed E-state index contributed by atoms with van der Waals surface area (Å²) < 4.78 is 0. The van der Waals surface area contributed by atoms with E-state index in [1.54, 1.807) is 0 Å². The molecule has 2 saturated carbocycles. The Labute approximate surface area is 99.8 Å². The SMILES string of the molecule is C1CCC2C(C1)CCN2CCCNC1CC1. The van der Waals surface area contributed by atoms with Gasteiger partial charge in [-0.3, -0.25) is 0 Å². The van der Waals surface area contributed by atoms with Gasteiger partial charge in [-0.25, -0.2) is 0 Å². The molecule has 0 aromatic rings. The van der Waals surface area contributed by atoms with Crippen LogP contribution in [0.15, 0.2) is 0 Å². The molecule has 0 spiro atoms. The van der Waals surface area contributed by atoms with E-state index in [1.165, 1.54) is 71.0 Å². The summed E-state index contributed by atoms with van der Waals surface area (Å²) in [4.78, 5) is 2.79. The molecule has 92 valence electrons. The van der Waals surface area contributed by atoms with Gasteiger partial charge in [-0.15, -0.1) is 0 Å². The number of nitrogens with zero attached hydrogens (tertiary/aromatic N) is 1. The van der Waals surface area contributed by atoms with Crippen molar-refractivity contribution < 1.29 is 0 Å². The van der Waals surface area contributed by atoms with Crippen molar-refractivity contribution in [2.45, 2.75) is 63.5 Å². The fourth-order valence-corrected chi connectivity index (χ4v) is 3.66. The van der Waals surface area contributed by atoms with E-state index < -0.39 is 0 Å². The predicted molar refractivity (Wildman–Crippen MR) is 67.6 cm³/mol. The molecule has 0 aromatic heterocycles. The van der Waals surface area contributed by atoms with Gasteiger partial charge in [0.15, 0.2) is 0 Å². The third kappa shape index (κ3) is 2.60. The molecule has 3 fully saturated rings. The van der Waals surface area contributed by atoms with Gasteiger partial charge in [0.25, 0.3) is 0 Å². The van der Waals surface area contributed by atoms with Crippen LogP contribution in [0.5, 0.6) is 0 Å². The highest BCUT2D eigenvalue weighted by Crippen LogP contribution is 2.35. The van der Waals surface area contributed by atoms with E-state index in [0.717, 1.165) is 18.0 Å². The molecule has 2 unspecified atom stereocenters. The van der Waals surface area contributed by atoms with Crippen molar-refractivity contribution in [3.63, 3.8) is 0 Å². The molecule has 1 N–H and O–H groups in total. The predicted octanol–water partition coefficient (Wildman–Crippen LogP) is 2.39.